The van der Waals surface area contributed by atoms with Crippen LogP contribution in [0.15, 0.2) is 8.80 Å². The third-order valence-electron chi connectivity index (χ3n) is 1.76. The zero-order valence-corrected chi connectivity index (χ0v) is 11.6. The summed E-state index contributed by atoms with van der Waals surface area (Å²) < 4.78 is 6.94. The Morgan fingerprint density at radius 1 is 1.00 bits per heavy atom. The zero-order valence-electron chi connectivity index (χ0n) is 8.33. The predicted octanol–water partition coefficient (Wildman–Crippen LogP) is 2.17. The molecule has 0 aromatic carbocycles. The summed E-state index contributed by atoms with van der Waals surface area (Å²) in [5.74, 6) is 3.84. The summed E-state index contributed by atoms with van der Waals surface area (Å²) in [5, 5.41) is 1.09. The smallest absolute Gasteiger partial charge is 0.210 e. The summed E-state index contributed by atoms with van der Waals surface area (Å²) in [6.07, 6.45) is 3.04. The molecule has 0 radical (unpaired) electrons. The van der Waals surface area contributed by atoms with E-state index in [-0.39, 0.29) is 0 Å². The molecular weight excluding hydrogens is 284 g/mol. The third kappa shape index (κ3) is 6.03. The van der Waals surface area contributed by atoms with Gasteiger partial charge in [0.05, 0.1) is 0 Å². The van der Waals surface area contributed by atoms with Crippen molar-refractivity contribution in [3.8, 4) is 0 Å². The van der Waals surface area contributed by atoms with Crippen molar-refractivity contribution in [1.82, 2.24) is 0 Å². The Kier molecular flexibility index (Phi) is 8.19. The highest BCUT2D eigenvalue weighted by Gasteiger charge is 2.22. The largest absolute Gasteiger partial charge is 0.247 e. The van der Waals surface area contributed by atoms with Crippen molar-refractivity contribution in [2.24, 2.45) is 8.80 Å². The van der Waals surface area contributed by atoms with Gasteiger partial charge in [-0.3, -0.25) is 0 Å². The van der Waals surface area contributed by atoms with Gasteiger partial charge in [-0.25, -0.2) is 9.59 Å². The second-order valence-corrected chi connectivity index (χ2v) is 7.08. The van der Waals surface area contributed by atoms with Crippen molar-refractivity contribution in [2.45, 2.75) is 10.5 Å². The Balaban J connectivity index is 2.12. The molecule has 0 saturated carbocycles. The van der Waals surface area contributed by atoms with Crippen molar-refractivity contribution in [2.75, 3.05) is 23.0 Å². The molecule has 16 heavy (non-hydrogen) atoms. The maximum atomic E-state index is 9.88. The summed E-state index contributed by atoms with van der Waals surface area (Å²) in [7, 11) is 0. The lowest BCUT2D eigenvalue weighted by Gasteiger charge is -2.26. The molecule has 1 fully saturated rings. The number of hydrogen-bond acceptors (Lipinski definition) is 8. The lowest BCUT2D eigenvalue weighted by atomic mass is 10.5. The van der Waals surface area contributed by atoms with Crippen LogP contribution in [0.3, 0.4) is 0 Å². The van der Waals surface area contributed by atoms with Crippen LogP contribution in [0.5, 0.6) is 0 Å². The van der Waals surface area contributed by atoms with Gasteiger partial charge in [-0.1, -0.05) is 0 Å². The van der Waals surface area contributed by atoms with Crippen molar-refractivity contribution >= 4 is 59.6 Å². The van der Waals surface area contributed by atoms with Gasteiger partial charge in [0.15, 0.2) is 0 Å². The van der Waals surface area contributed by atoms with Gasteiger partial charge in [-0.2, -0.15) is 23.5 Å². The summed E-state index contributed by atoms with van der Waals surface area (Å²) in [5.41, 5.74) is 0. The van der Waals surface area contributed by atoms with E-state index in [1.54, 1.807) is 0 Å². The van der Waals surface area contributed by atoms with Crippen LogP contribution in [0.25, 0.3) is 0 Å². The first-order valence-corrected chi connectivity index (χ1v) is 8.46. The predicted molar refractivity (Wildman–Crippen MR) is 73.7 cm³/mol. The van der Waals surface area contributed by atoms with Gasteiger partial charge in [0.1, 0.15) is 0 Å². The molecule has 0 amide bonds. The molecule has 0 aromatic rings. The molecule has 1 aliphatic rings. The minimum atomic E-state index is 0.544. The van der Waals surface area contributed by atoms with Crippen molar-refractivity contribution in [1.29, 1.82) is 0 Å². The highest BCUT2D eigenvalue weighted by Crippen LogP contribution is 2.33. The van der Waals surface area contributed by atoms with Crippen LogP contribution >= 0.6 is 47.4 Å². The Morgan fingerprint density at radius 3 is 1.75 bits per heavy atom. The Morgan fingerprint density at radius 2 is 1.44 bits per heavy atom. The first kappa shape index (κ1) is 14.2. The summed E-state index contributed by atoms with van der Waals surface area (Å²) >= 11 is 6.34. The van der Waals surface area contributed by atoms with Crippen molar-refractivity contribution < 1.29 is 9.59 Å². The Labute approximate surface area is 111 Å². The van der Waals surface area contributed by atoms with Crippen LogP contribution < -0.4 is 0 Å². The molecule has 1 saturated heterocycles. The van der Waals surface area contributed by atoms with Gasteiger partial charge in [0.25, 0.3) is 0 Å². The number of thioether (sulfide) groups is 2. The molecule has 4 nitrogen and oxygen atoms in total. The van der Waals surface area contributed by atoms with Crippen LogP contribution in [-0.2, 0) is 9.59 Å². The van der Waals surface area contributed by atoms with Crippen LogP contribution in [0.2, 0.25) is 0 Å². The minimum absolute atomic E-state index is 0.544. The average Bonchev–Trinajstić information content (AvgIpc) is 2.32. The summed E-state index contributed by atoms with van der Waals surface area (Å²) in [6.45, 7) is 0. The van der Waals surface area contributed by atoms with Gasteiger partial charge >= 0.3 is 0 Å². The summed E-state index contributed by atoms with van der Waals surface area (Å²) in [6, 6.07) is 0. The lowest BCUT2D eigenvalue weighted by Crippen LogP contribution is -2.24. The van der Waals surface area contributed by atoms with Crippen LogP contribution in [-0.4, -0.2) is 45.7 Å². The first-order chi connectivity index (χ1) is 7.86. The molecule has 1 aliphatic heterocycles. The molecule has 88 valence electrons. The number of isocyanates is 2. The SMILES string of the molecule is O=C=NSCC1CSC(CSN=C=O)CS1. The molecule has 8 heteroatoms. The van der Waals surface area contributed by atoms with E-state index < -0.39 is 0 Å². The van der Waals surface area contributed by atoms with Gasteiger partial charge in [0, 0.05) is 33.5 Å². The topological polar surface area (TPSA) is 58.9 Å². The molecule has 0 spiro atoms. The second kappa shape index (κ2) is 9.22. The number of carbonyl (C=O) groups excluding carboxylic acids is 2. The third-order valence-corrected chi connectivity index (χ3v) is 6.91. The molecule has 0 aromatic heterocycles. The van der Waals surface area contributed by atoms with Gasteiger partial charge in [0.2, 0.25) is 12.2 Å². The highest BCUT2D eigenvalue weighted by molar-refractivity contribution is 8.09. The molecule has 2 atom stereocenters. The number of rotatable bonds is 6. The normalized spacial score (nSPS) is 24.2. The van der Waals surface area contributed by atoms with E-state index in [4.69, 9.17) is 0 Å². The van der Waals surface area contributed by atoms with E-state index in [0.29, 0.717) is 10.5 Å². The highest BCUT2D eigenvalue weighted by atomic mass is 32.2. The summed E-state index contributed by atoms with van der Waals surface area (Å²) in [4.78, 5) is 19.8. The molecule has 2 unspecified atom stereocenters. The Bertz CT molecular complexity index is 264. The standard InChI is InChI=1S/C8H10N2O2S4/c11-5-9-15-3-7-1-13-8(2-14-7)4-16-10-6-12/h7-8H,1-4H2. The van der Waals surface area contributed by atoms with Gasteiger partial charge in [-0.05, 0) is 23.9 Å². The quantitative estimate of drug-likeness (QED) is 0.425. The molecule has 1 heterocycles. The van der Waals surface area contributed by atoms with E-state index in [2.05, 4.69) is 8.80 Å². The molecule has 0 aliphatic carbocycles. The minimum Gasteiger partial charge on any atom is -0.210 e. The molecule has 0 bridgehead atoms. The van der Waals surface area contributed by atoms with Crippen LogP contribution in [0.4, 0.5) is 0 Å². The van der Waals surface area contributed by atoms with Crippen molar-refractivity contribution in [3.63, 3.8) is 0 Å². The average molecular weight is 294 g/mol. The van der Waals surface area contributed by atoms with E-state index in [1.165, 1.54) is 36.1 Å². The van der Waals surface area contributed by atoms with Crippen LogP contribution in [0, 0.1) is 0 Å². The van der Waals surface area contributed by atoms with E-state index >= 15 is 0 Å². The monoisotopic (exact) mass is 294 g/mol. The molecular formula is C8H10N2O2S4. The zero-order chi connectivity index (χ0) is 11.6. The molecule has 0 N–H and O–H groups in total. The van der Waals surface area contributed by atoms with Gasteiger partial charge < -0.3 is 0 Å². The number of nitrogens with zero attached hydrogens (tertiary/aromatic N) is 2. The fraction of sp³-hybridized carbons (Fsp3) is 0.750. The number of hydrogen-bond donors (Lipinski definition) is 0. The molecule has 1 rings (SSSR count). The van der Waals surface area contributed by atoms with Crippen molar-refractivity contribution in [3.05, 3.63) is 0 Å². The van der Waals surface area contributed by atoms with E-state index in [9.17, 15) is 9.59 Å². The lowest BCUT2D eigenvalue weighted by molar-refractivity contribution is 0.565. The maximum Gasteiger partial charge on any atom is 0.247 e. The second-order valence-electron chi connectivity index (χ2n) is 2.87. The fourth-order valence-corrected chi connectivity index (χ4v) is 5.78. The fourth-order valence-electron chi connectivity index (χ4n) is 1.07. The van der Waals surface area contributed by atoms with E-state index in [0.717, 1.165) is 23.0 Å². The first-order valence-electron chi connectivity index (χ1n) is 4.48. The van der Waals surface area contributed by atoms with E-state index in [1.807, 2.05) is 23.5 Å². The van der Waals surface area contributed by atoms with Gasteiger partial charge in [-0.15, -0.1) is 8.80 Å². The van der Waals surface area contributed by atoms with Crippen LogP contribution in [0.1, 0.15) is 0 Å². The Hall–Kier alpha value is 0.160. The maximum absolute atomic E-state index is 9.88.